The fraction of sp³-hybridized carbons (Fsp3) is 0.417. The van der Waals surface area contributed by atoms with Crippen LogP contribution < -0.4 is 5.32 Å². The molecular weight excluding hydrogens is 351 g/mol. The Hall–Kier alpha value is -0.330. The lowest BCUT2D eigenvalue weighted by atomic mass is 10.1. The maximum absolute atomic E-state index is 12.3. The van der Waals surface area contributed by atoms with Gasteiger partial charge in [0.25, 0.3) is 5.91 Å². The lowest BCUT2D eigenvalue weighted by Gasteiger charge is -2.34. The van der Waals surface area contributed by atoms with Crippen molar-refractivity contribution in [1.82, 2.24) is 10.2 Å². The van der Waals surface area contributed by atoms with E-state index in [1.807, 2.05) is 29.2 Å². The first-order chi connectivity index (χ1) is 7.70. The van der Waals surface area contributed by atoms with Gasteiger partial charge in [-0.05, 0) is 41.6 Å². The zero-order valence-electron chi connectivity index (χ0n) is 9.65. The summed E-state index contributed by atoms with van der Waals surface area (Å²) < 4.78 is 1.02. The van der Waals surface area contributed by atoms with Gasteiger partial charge < -0.3 is 10.2 Å². The van der Waals surface area contributed by atoms with Gasteiger partial charge in [-0.2, -0.15) is 0 Å². The first-order valence-corrected chi connectivity index (χ1v) is 6.54. The van der Waals surface area contributed by atoms with Crippen LogP contribution in [0.4, 0.5) is 0 Å². The minimum atomic E-state index is 0. The average molecular weight is 367 g/mol. The van der Waals surface area contributed by atoms with Crippen LogP contribution in [0.15, 0.2) is 24.3 Å². The summed E-state index contributed by atoms with van der Waals surface area (Å²) in [5, 5.41) is 3.29. The Bertz CT molecular complexity index is 400. The van der Waals surface area contributed by atoms with Gasteiger partial charge in [0.05, 0.1) is 5.56 Å². The average Bonchev–Trinajstić information content (AvgIpc) is 2.29. The highest BCUT2D eigenvalue weighted by atomic mass is 127. The van der Waals surface area contributed by atoms with Crippen LogP contribution in [-0.2, 0) is 0 Å². The van der Waals surface area contributed by atoms with Crippen LogP contribution in [0, 0.1) is 3.57 Å². The maximum atomic E-state index is 12.3. The van der Waals surface area contributed by atoms with Crippen molar-refractivity contribution in [2.24, 2.45) is 0 Å². The van der Waals surface area contributed by atoms with Crippen LogP contribution in [0.25, 0.3) is 0 Å². The van der Waals surface area contributed by atoms with E-state index in [-0.39, 0.29) is 24.4 Å². The summed E-state index contributed by atoms with van der Waals surface area (Å²) in [6, 6.07) is 8.03. The number of benzene rings is 1. The smallest absolute Gasteiger partial charge is 0.255 e. The number of nitrogens with zero attached hydrogens (tertiary/aromatic N) is 1. The van der Waals surface area contributed by atoms with Gasteiger partial charge in [-0.3, -0.25) is 4.79 Å². The molecule has 17 heavy (non-hydrogen) atoms. The molecule has 1 unspecified atom stereocenters. The van der Waals surface area contributed by atoms with Crippen molar-refractivity contribution >= 4 is 40.9 Å². The molecule has 1 atom stereocenters. The van der Waals surface area contributed by atoms with Crippen molar-refractivity contribution in [2.75, 3.05) is 19.6 Å². The molecule has 0 radical (unpaired) electrons. The number of nitrogens with one attached hydrogen (secondary N) is 1. The predicted octanol–water partition coefficient (Wildman–Crippen LogP) is 2.15. The topological polar surface area (TPSA) is 32.3 Å². The number of rotatable bonds is 1. The first-order valence-electron chi connectivity index (χ1n) is 5.46. The molecule has 1 amide bonds. The molecule has 3 nitrogen and oxygen atoms in total. The minimum Gasteiger partial charge on any atom is -0.333 e. The Morgan fingerprint density at radius 3 is 2.82 bits per heavy atom. The Morgan fingerprint density at radius 2 is 2.18 bits per heavy atom. The number of amides is 1. The van der Waals surface area contributed by atoms with E-state index in [9.17, 15) is 4.79 Å². The standard InChI is InChI=1S/C12H15IN2O.ClH/c1-9-8-14-6-7-15(9)12(16)10-4-2-3-5-11(10)13;/h2-5,9,14H,6-8H2,1H3;1H. The van der Waals surface area contributed by atoms with Crippen molar-refractivity contribution < 1.29 is 4.79 Å². The van der Waals surface area contributed by atoms with E-state index in [1.165, 1.54) is 0 Å². The summed E-state index contributed by atoms with van der Waals surface area (Å²) in [6.07, 6.45) is 0. The molecule has 0 spiro atoms. The molecule has 0 aliphatic carbocycles. The monoisotopic (exact) mass is 366 g/mol. The van der Waals surface area contributed by atoms with E-state index in [1.54, 1.807) is 0 Å². The van der Waals surface area contributed by atoms with Crippen LogP contribution in [0.1, 0.15) is 17.3 Å². The second kappa shape index (κ2) is 6.56. The van der Waals surface area contributed by atoms with Gasteiger partial charge in [0.2, 0.25) is 0 Å². The van der Waals surface area contributed by atoms with Crippen LogP contribution in [0.3, 0.4) is 0 Å². The van der Waals surface area contributed by atoms with Crippen LogP contribution in [-0.4, -0.2) is 36.5 Å². The highest BCUT2D eigenvalue weighted by Crippen LogP contribution is 2.16. The number of carbonyl (C=O) groups is 1. The molecule has 2 rings (SSSR count). The predicted molar refractivity (Wildman–Crippen MR) is 79.8 cm³/mol. The molecule has 94 valence electrons. The molecular formula is C12H16ClIN2O. The Labute approximate surface area is 122 Å². The molecule has 1 saturated heterocycles. The van der Waals surface area contributed by atoms with Crippen LogP contribution >= 0.6 is 35.0 Å². The fourth-order valence-electron chi connectivity index (χ4n) is 1.93. The van der Waals surface area contributed by atoms with Gasteiger partial charge in [-0.25, -0.2) is 0 Å². The van der Waals surface area contributed by atoms with E-state index in [4.69, 9.17) is 0 Å². The third-order valence-electron chi connectivity index (χ3n) is 2.87. The molecule has 1 aliphatic heterocycles. The third kappa shape index (κ3) is 3.33. The highest BCUT2D eigenvalue weighted by molar-refractivity contribution is 14.1. The molecule has 0 bridgehead atoms. The number of hydrogen-bond donors (Lipinski definition) is 1. The Morgan fingerprint density at radius 1 is 1.47 bits per heavy atom. The summed E-state index contributed by atoms with van der Waals surface area (Å²) in [6.45, 7) is 4.65. The summed E-state index contributed by atoms with van der Waals surface area (Å²) in [4.78, 5) is 14.3. The number of carbonyl (C=O) groups excluding carboxylic acids is 1. The fourth-order valence-corrected chi connectivity index (χ4v) is 2.55. The van der Waals surface area contributed by atoms with Crippen molar-refractivity contribution in [3.05, 3.63) is 33.4 Å². The normalized spacial score (nSPS) is 19.6. The third-order valence-corrected chi connectivity index (χ3v) is 3.81. The van der Waals surface area contributed by atoms with Crippen molar-refractivity contribution in [3.8, 4) is 0 Å². The number of halogens is 2. The van der Waals surface area contributed by atoms with Gasteiger partial charge in [-0.1, -0.05) is 12.1 Å². The quantitative estimate of drug-likeness (QED) is 0.773. The lowest BCUT2D eigenvalue weighted by molar-refractivity contribution is 0.0654. The van der Waals surface area contributed by atoms with Gasteiger partial charge in [0.1, 0.15) is 0 Å². The van der Waals surface area contributed by atoms with Gasteiger partial charge in [-0.15, -0.1) is 12.4 Å². The molecule has 5 heteroatoms. The number of piperazine rings is 1. The molecule has 0 saturated carbocycles. The Kier molecular flexibility index (Phi) is 5.69. The Balaban J connectivity index is 0.00000144. The maximum Gasteiger partial charge on any atom is 0.255 e. The molecule has 1 N–H and O–H groups in total. The second-order valence-electron chi connectivity index (χ2n) is 4.03. The van der Waals surface area contributed by atoms with E-state index in [2.05, 4.69) is 34.8 Å². The number of hydrogen-bond acceptors (Lipinski definition) is 2. The van der Waals surface area contributed by atoms with Crippen molar-refractivity contribution in [1.29, 1.82) is 0 Å². The van der Waals surface area contributed by atoms with Gasteiger partial charge >= 0.3 is 0 Å². The molecule has 1 aromatic carbocycles. The van der Waals surface area contributed by atoms with Gasteiger partial charge in [0, 0.05) is 29.2 Å². The van der Waals surface area contributed by atoms with Crippen LogP contribution in [0.5, 0.6) is 0 Å². The summed E-state index contributed by atoms with van der Waals surface area (Å²) in [5.74, 6) is 0.152. The van der Waals surface area contributed by atoms with Crippen molar-refractivity contribution in [3.63, 3.8) is 0 Å². The van der Waals surface area contributed by atoms with Gasteiger partial charge in [0.15, 0.2) is 0 Å². The van der Waals surface area contributed by atoms with Crippen molar-refractivity contribution in [2.45, 2.75) is 13.0 Å². The highest BCUT2D eigenvalue weighted by Gasteiger charge is 2.24. The summed E-state index contributed by atoms with van der Waals surface area (Å²) in [7, 11) is 0. The molecule has 1 heterocycles. The molecule has 1 fully saturated rings. The lowest BCUT2D eigenvalue weighted by Crippen LogP contribution is -2.52. The van der Waals surface area contributed by atoms with E-state index in [0.29, 0.717) is 0 Å². The first kappa shape index (κ1) is 14.7. The summed E-state index contributed by atoms with van der Waals surface area (Å²) >= 11 is 2.22. The van der Waals surface area contributed by atoms with E-state index in [0.717, 1.165) is 28.8 Å². The molecule has 1 aliphatic rings. The zero-order valence-corrected chi connectivity index (χ0v) is 12.6. The zero-order chi connectivity index (χ0) is 11.5. The SMILES string of the molecule is CC1CNCCN1C(=O)c1ccccc1I.Cl. The van der Waals surface area contributed by atoms with E-state index >= 15 is 0 Å². The van der Waals surface area contributed by atoms with Crippen LogP contribution in [0.2, 0.25) is 0 Å². The molecule has 1 aromatic rings. The summed E-state index contributed by atoms with van der Waals surface area (Å²) in [5.41, 5.74) is 0.817. The molecule has 0 aromatic heterocycles. The minimum absolute atomic E-state index is 0. The van der Waals surface area contributed by atoms with E-state index < -0.39 is 0 Å². The second-order valence-corrected chi connectivity index (χ2v) is 5.19. The largest absolute Gasteiger partial charge is 0.333 e.